The van der Waals surface area contributed by atoms with Crippen LogP contribution in [0.2, 0.25) is 0 Å². The zero-order chi connectivity index (χ0) is 15.1. The number of hydrogen-bond donors (Lipinski definition) is 2. The van der Waals surface area contributed by atoms with Gasteiger partial charge in [-0.05, 0) is 12.8 Å². The molecule has 20 heavy (non-hydrogen) atoms. The van der Waals surface area contributed by atoms with Crippen LogP contribution in [-0.4, -0.2) is 33.8 Å². The van der Waals surface area contributed by atoms with Crippen molar-refractivity contribution in [2.24, 2.45) is 0 Å². The third-order valence-corrected chi connectivity index (χ3v) is 4.25. The van der Waals surface area contributed by atoms with E-state index in [-0.39, 0.29) is 16.9 Å². The maximum Gasteiger partial charge on any atom is 0.168 e. The Hall–Kier alpha value is -1.24. The van der Waals surface area contributed by atoms with E-state index >= 15 is 0 Å². The van der Waals surface area contributed by atoms with Gasteiger partial charge in [0.2, 0.25) is 0 Å². The van der Waals surface area contributed by atoms with Crippen LogP contribution >= 0.6 is 0 Å². The highest BCUT2D eigenvalue weighted by Gasteiger charge is 2.12. The van der Waals surface area contributed by atoms with Crippen LogP contribution < -0.4 is 10.6 Å². The summed E-state index contributed by atoms with van der Waals surface area (Å²) in [7, 11) is -0.912. The van der Waals surface area contributed by atoms with E-state index in [1.165, 1.54) is 0 Å². The monoisotopic (exact) mass is 305 g/mol. The van der Waals surface area contributed by atoms with Gasteiger partial charge in [0.1, 0.15) is 0 Å². The van der Waals surface area contributed by atoms with Gasteiger partial charge in [0, 0.05) is 41.5 Å². The fraction of sp³-hybridized carbons (Fsp3) is 0.615. The highest BCUT2D eigenvalue weighted by atomic mass is 32.2. The predicted molar refractivity (Wildman–Crippen MR) is 79.6 cm³/mol. The van der Waals surface area contributed by atoms with Gasteiger partial charge in [-0.1, -0.05) is 13.8 Å². The largest absolute Gasteiger partial charge is 0.368 e. The van der Waals surface area contributed by atoms with Gasteiger partial charge in [-0.25, -0.2) is 13.8 Å². The number of aromatic nitrogens is 1. The first-order chi connectivity index (χ1) is 9.45. The fourth-order valence-corrected chi connectivity index (χ4v) is 1.97. The molecule has 0 aliphatic rings. The van der Waals surface area contributed by atoms with Gasteiger partial charge in [0.15, 0.2) is 23.3 Å². The Labute approximate surface area is 120 Å². The second-order valence-corrected chi connectivity index (χ2v) is 6.40. The van der Waals surface area contributed by atoms with Crippen LogP contribution in [0, 0.1) is 11.6 Å². The van der Waals surface area contributed by atoms with Crippen molar-refractivity contribution >= 4 is 22.4 Å². The minimum Gasteiger partial charge on any atom is -0.368 e. The molecule has 0 saturated heterocycles. The van der Waals surface area contributed by atoms with Crippen molar-refractivity contribution in [1.29, 1.82) is 0 Å². The molecule has 1 heterocycles. The Bertz CT molecular complexity index is 471. The molecular weight excluding hydrogens is 284 g/mol. The average Bonchev–Trinajstić information content (AvgIpc) is 2.39. The second kappa shape index (κ2) is 8.14. The molecule has 0 saturated carbocycles. The molecule has 0 aromatic carbocycles. The van der Waals surface area contributed by atoms with E-state index in [1.54, 1.807) is 6.26 Å². The normalized spacial score (nSPS) is 13.8. The third kappa shape index (κ3) is 5.03. The van der Waals surface area contributed by atoms with Crippen LogP contribution in [0.3, 0.4) is 0 Å². The fourth-order valence-electron chi connectivity index (χ4n) is 1.52. The Balaban J connectivity index is 2.67. The number of nitrogens with one attached hydrogen (secondary N) is 2. The van der Waals surface area contributed by atoms with Crippen LogP contribution in [0.25, 0.3) is 0 Å². The highest BCUT2D eigenvalue weighted by molar-refractivity contribution is 7.84. The zero-order valence-electron chi connectivity index (χ0n) is 12.0. The predicted octanol–water partition coefficient (Wildman–Crippen LogP) is 2.75. The van der Waals surface area contributed by atoms with E-state index in [4.69, 9.17) is 0 Å². The van der Waals surface area contributed by atoms with E-state index in [0.29, 0.717) is 19.5 Å². The van der Waals surface area contributed by atoms with Crippen LogP contribution in [0.15, 0.2) is 6.07 Å². The topological polar surface area (TPSA) is 54.0 Å². The highest BCUT2D eigenvalue weighted by Crippen LogP contribution is 2.19. The van der Waals surface area contributed by atoms with Crippen molar-refractivity contribution in [3.05, 3.63) is 17.7 Å². The number of halogens is 2. The number of pyridine rings is 1. The zero-order valence-corrected chi connectivity index (χ0v) is 12.8. The lowest BCUT2D eigenvalue weighted by Crippen LogP contribution is -2.16. The van der Waals surface area contributed by atoms with Gasteiger partial charge in [0.25, 0.3) is 0 Å². The molecule has 7 heteroatoms. The molecule has 2 N–H and O–H groups in total. The second-order valence-electron chi connectivity index (χ2n) is 4.60. The average molecular weight is 305 g/mol. The summed E-state index contributed by atoms with van der Waals surface area (Å²) in [5, 5.41) is 5.64. The van der Waals surface area contributed by atoms with Crippen molar-refractivity contribution in [1.82, 2.24) is 4.98 Å². The van der Waals surface area contributed by atoms with E-state index in [1.807, 2.05) is 13.8 Å². The molecule has 0 aliphatic carbocycles. The SMILES string of the molecule is CCCNc1nc(NCCC(C)S(C)=O)c(F)cc1F. The van der Waals surface area contributed by atoms with Crippen molar-refractivity contribution < 1.29 is 13.0 Å². The maximum atomic E-state index is 13.6. The summed E-state index contributed by atoms with van der Waals surface area (Å²) >= 11 is 0. The van der Waals surface area contributed by atoms with Gasteiger partial charge < -0.3 is 10.6 Å². The van der Waals surface area contributed by atoms with Gasteiger partial charge in [-0.2, -0.15) is 0 Å². The summed E-state index contributed by atoms with van der Waals surface area (Å²) in [5.74, 6) is -1.37. The summed E-state index contributed by atoms with van der Waals surface area (Å²) in [6.07, 6.45) is 3.08. The third-order valence-electron chi connectivity index (χ3n) is 2.88. The summed E-state index contributed by atoms with van der Waals surface area (Å²) in [6.45, 7) is 4.81. The molecule has 1 aromatic rings. The lowest BCUT2D eigenvalue weighted by molar-refractivity contribution is 0.577. The molecule has 4 nitrogen and oxygen atoms in total. The quantitative estimate of drug-likeness (QED) is 0.775. The van der Waals surface area contributed by atoms with Gasteiger partial charge in [-0.15, -0.1) is 0 Å². The number of rotatable bonds is 8. The lowest BCUT2D eigenvalue weighted by atomic mass is 10.3. The van der Waals surface area contributed by atoms with Gasteiger partial charge in [-0.3, -0.25) is 4.21 Å². The number of anilines is 2. The maximum absolute atomic E-state index is 13.6. The first-order valence-corrected chi connectivity index (χ1v) is 8.23. The molecule has 2 unspecified atom stereocenters. The smallest absolute Gasteiger partial charge is 0.168 e. The van der Waals surface area contributed by atoms with Crippen molar-refractivity contribution in [3.8, 4) is 0 Å². The van der Waals surface area contributed by atoms with Gasteiger partial charge in [0.05, 0.1) is 0 Å². The molecule has 0 bridgehead atoms. The van der Waals surface area contributed by atoms with Gasteiger partial charge >= 0.3 is 0 Å². The standard InChI is InChI=1S/C13H21F2N3OS/c1-4-6-16-12-10(14)8-11(15)13(18-12)17-7-5-9(2)20(3)19/h8-9H,4-7H2,1-3H3,(H2,16,17,18). The molecule has 2 atom stereocenters. The molecule has 0 radical (unpaired) electrons. The summed E-state index contributed by atoms with van der Waals surface area (Å²) in [4.78, 5) is 3.90. The number of hydrogen-bond acceptors (Lipinski definition) is 4. The van der Waals surface area contributed by atoms with Crippen LogP contribution in [0.5, 0.6) is 0 Å². The van der Waals surface area contributed by atoms with E-state index < -0.39 is 22.4 Å². The van der Waals surface area contributed by atoms with Crippen molar-refractivity contribution in [2.75, 3.05) is 30.0 Å². The molecule has 0 amide bonds. The Kier molecular flexibility index (Phi) is 6.84. The molecular formula is C13H21F2N3OS. The summed E-state index contributed by atoms with van der Waals surface area (Å²) in [5.41, 5.74) is 0. The Morgan fingerprint density at radius 2 is 1.80 bits per heavy atom. The Morgan fingerprint density at radius 1 is 1.25 bits per heavy atom. The summed E-state index contributed by atoms with van der Waals surface area (Å²) < 4.78 is 38.3. The molecule has 0 spiro atoms. The Morgan fingerprint density at radius 3 is 2.30 bits per heavy atom. The van der Waals surface area contributed by atoms with Crippen molar-refractivity contribution in [2.45, 2.75) is 31.9 Å². The summed E-state index contributed by atoms with van der Waals surface area (Å²) in [6, 6.07) is 0.814. The van der Waals surface area contributed by atoms with E-state index in [2.05, 4.69) is 15.6 Å². The lowest BCUT2D eigenvalue weighted by Gasteiger charge is -2.12. The van der Waals surface area contributed by atoms with Crippen LogP contribution in [-0.2, 0) is 10.8 Å². The first-order valence-electron chi connectivity index (χ1n) is 6.61. The minimum absolute atomic E-state index is 0.0130. The molecule has 0 fully saturated rings. The molecule has 1 rings (SSSR count). The molecule has 114 valence electrons. The molecule has 0 aliphatic heterocycles. The number of nitrogens with zero attached hydrogens (tertiary/aromatic N) is 1. The van der Waals surface area contributed by atoms with Crippen LogP contribution in [0.1, 0.15) is 26.7 Å². The van der Waals surface area contributed by atoms with Crippen molar-refractivity contribution in [3.63, 3.8) is 0 Å². The van der Waals surface area contributed by atoms with E-state index in [0.717, 1.165) is 12.5 Å². The minimum atomic E-state index is -0.912. The molecule has 1 aromatic heterocycles. The van der Waals surface area contributed by atoms with Crippen LogP contribution in [0.4, 0.5) is 20.4 Å². The first kappa shape index (κ1) is 16.8. The van der Waals surface area contributed by atoms with E-state index in [9.17, 15) is 13.0 Å².